The highest BCUT2D eigenvalue weighted by Crippen LogP contribution is 2.34. The molecule has 0 bridgehead atoms. The third-order valence-electron chi connectivity index (χ3n) is 4.22. The summed E-state index contributed by atoms with van der Waals surface area (Å²) in [5, 5.41) is 10.2. The van der Waals surface area contributed by atoms with E-state index in [1.54, 1.807) is 0 Å². The predicted octanol–water partition coefficient (Wildman–Crippen LogP) is 3.40. The van der Waals surface area contributed by atoms with Gasteiger partial charge < -0.3 is 10.0 Å². The van der Waals surface area contributed by atoms with Crippen LogP contribution in [0.5, 0.6) is 0 Å². The Balaban J connectivity index is 2.48. The molecule has 3 atom stereocenters. The Morgan fingerprint density at radius 2 is 1.83 bits per heavy atom. The van der Waals surface area contributed by atoms with E-state index in [0.29, 0.717) is 11.3 Å². The van der Waals surface area contributed by atoms with Gasteiger partial charge in [-0.2, -0.15) is 0 Å². The minimum absolute atomic E-state index is 0.0811. The smallest absolute Gasteiger partial charge is 0.0580 e. The third kappa shape index (κ3) is 5.27. The summed E-state index contributed by atoms with van der Waals surface area (Å²) < 4.78 is 0. The summed E-state index contributed by atoms with van der Waals surface area (Å²) in [6.45, 7) is 13.6. The van der Waals surface area contributed by atoms with Crippen molar-refractivity contribution in [1.29, 1.82) is 0 Å². The quantitative estimate of drug-likeness (QED) is 0.832. The first kappa shape index (κ1) is 16.0. The van der Waals surface area contributed by atoms with Crippen LogP contribution in [-0.4, -0.2) is 36.2 Å². The fraction of sp³-hybridized carbons (Fsp3) is 1.00. The van der Waals surface area contributed by atoms with Crippen molar-refractivity contribution >= 4 is 0 Å². The molecule has 108 valence electrons. The molecule has 0 aromatic rings. The molecule has 0 aliphatic heterocycles. The van der Waals surface area contributed by atoms with E-state index in [-0.39, 0.29) is 6.10 Å². The van der Waals surface area contributed by atoms with Gasteiger partial charge in [0, 0.05) is 13.1 Å². The maximum Gasteiger partial charge on any atom is 0.0580 e. The minimum Gasteiger partial charge on any atom is -0.393 e. The molecule has 1 rings (SSSR count). The largest absolute Gasteiger partial charge is 0.393 e. The van der Waals surface area contributed by atoms with E-state index < -0.39 is 0 Å². The lowest BCUT2D eigenvalue weighted by Gasteiger charge is -2.38. The van der Waals surface area contributed by atoms with Crippen molar-refractivity contribution in [3.05, 3.63) is 0 Å². The number of aliphatic hydroxyl groups is 1. The average Bonchev–Trinajstić information content (AvgIpc) is 2.18. The van der Waals surface area contributed by atoms with Crippen LogP contribution in [0.15, 0.2) is 0 Å². The number of hydrogen-bond donors (Lipinski definition) is 1. The van der Waals surface area contributed by atoms with E-state index in [9.17, 15) is 5.11 Å². The molecule has 0 spiro atoms. The molecule has 1 aliphatic rings. The maximum atomic E-state index is 10.2. The summed E-state index contributed by atoms with van der Waals surface area (Å²) >= 11 is 0. The number of aliphatic hydroxyl groups excluding tert-OH is 1. The van der Waals surface area contributed by atoms with Crippen molar-refractivity contribution in [3.8, 4) is 0 Å². The van der Waals surface area contributed by atoms with Crippen molar-refractivity contribution in [2.24, 2.45) is 23.2 Å². The van der Waals surface area contributed by atoms with Crippen molar-refractivity contribution in [3.63, 3.8) is 0 Å². The lowest BCUT2D eigenvalue weighted by molar-refractivity contribution is 0.0183. The molecule has 18 heavy (non-hydrogen) atoms. The topological polar surface area (TPSA) is 23.5 Å². The van der Waals surface area contributed by atoms with Gasteiger partial charge in [-0.25, -0.2) is 0 Å². The zero-order valence-corrected chi connectivity index (χ0v) is 13.2. The van der Waals surface area contributed by atoms with Gasteiger partial charge in [0.2, 0.25) is 0 Å². The SMILES string of the molecule is CC(C)C1CCC(O)C(CN(C)CC(C)(C)C)C1. The predicted molar refractivity (Wildman–Crippen MR) is 78.6 cm³/mol. The Kier molecular flexibility index (Phi) is 5.67. The Bertz CT molecular complexity index is 244. The summed E-state index contributed by atoms with van der Waals surface area (Å²) in [7, 11) is 2.19. The normalized spacial score (nSPS) is 30.2. The first-order valence-corrected chi connectivity index (χ1v) is 7.55. The van der Waals surface area contributed by atoms with Gasteiger partial charge in [0.1, 0.15) is 0 Å². The van der Waals surface area contributed by atoms with Crippen LogP contribution in [0.1, 0.15) is 53.9 Å². The third-order valence-corrected chi connectivity index (χ3v) is 4.22. The van der Waals surface area contributed by atoms with E-state index in [1.807, 2.05) is 0 Å². The zero-order valence-electron chi connectivity index (χ0n) is 13.2. The van der Waals surface area contributed by atoms with Gasteiger partial charge in [0.15, 0.2) is 0 Å². The number of hydrogen-bond acceptors (Lipinski definition) is 2. The molecule has 1 fully saturated rings. The first-order valence-electron chi connectivity index (χ1n) is 7.55. The second kappa shape index (κ2) is 6.38. The lowest BCUT2D eigenvalue weighted by Crippen LogP contribution is -2.40. The first-order chi connectivity index (χ1) is 8.19. The maximum absolute atomic E-state index is 10.2. The van der Waals surface area contributed by atoms with Crippen molar-refractivity contribution < 1.29 is 5.11 Å². The van der Waals surface area contributed by atoms with Crippen LogP contribution in [0.25, 0.3) is 0 Å². The lowest BCUT2D eigenvalue weighted by atomic mass is 9.74. The standard InChI is InChI=1S/C16H33NO/c1-12(2)13-7-8-15(18)14(9-13)10-17(6)11-16(3,4)5/h12-15,18H,7-11H2,1-6H3. The van der Waals surface area contributed by atoms with Crippen molar-refractivity contribution in [2.75, 3.05) is 20.1 Å². The minimum atomic E-state index is -0.0811. The number of rotatable bonds is 4. The molecule has 1 N–H and O–H groups in total. The second-order valence-electron chi connectivity index (χ2n) is 7.90. The van der Waals surface area contributed by atoms with E-state index >= 15 is 0 Å². The molecule has 3 unspecified atom stereocenters. The van der Waals surface area contributed by atoms with Crippen LogP contribution in [0, 0.1) is 23.2 Å². The highest BCUT2D eigenvalue weighted by Gasteiger charge is 2.31. The molecule has 0 aromatic carbocycles. The number of nitrogens with zero attached hydrogens (tertiary/aromatic N) is 1. The van der Waals surface area contributed by atoms with E-state index in [0.717, 1.165) is 31.3 Å². The van der Waals surface area contributed by atoms with Gasteiger partial charge in [0.25, 0.3) is 0 Å². The van der Waals surface area contributed by atoms with Crippen molar-refractivity contribution in [1.82, 2.24) is 4.90 Å². The molecule has 0 radical (unpaired) electrons. The van der Waals surface area contributed by atoms with Crippen LogP contribution in [-0.2, 0) is 0 Å². The summed E-state index contributed by atoms with van der Waals surface area (Å²) in [6.07, 6.45) is 3.32. The summed E-state index contributed by atoms with van der Waals surface area (Å²) in [5.74, 6) is 2.04. The molecule has 1 aliphatic carbocycles. The van der Waals surface area contributed by atoms with Crippen LogP contribution < -0.4 is 0 Å². The highest BCUT2D eigenvalue weighted by molar-refractivity contribution is 4.83. The summed E-state index contributed by atoms with van der Waals surface area (Å²) in [6, 6.07) is 0. The molecular formula is C16H33NO. The van der Waals surface area contributed by atoms with Crippen LogP contribution >= 0.6 is 0 Å². The van der Waals surface area contributed by atoms with E-state index in [4.69, 9.17) is 0 Å². The monoisotopic (exact) mass is 255 g/mol. The fourth-order valence-electron chi connectivity index (χ4n) is 3.36. The van der Waals surface area contributed by atoms with E-state index in [2.05, 4.69) is 46.6 Å². The summed E-state index contributed by atoms with van der Waals surface area (Å²) in [4.78, 5) is 2.40. The van der Waals surface area contributed by atoms with Gasteiger partial charge in [-0.3, -0.25) is 0 Å². The molecule has 2 heteroatoms. The average molecular weight is 255 g/mol. The van der Waals surface area contributed by atoms with Gasteiger partial charge in [-0.1, -0.05) is 34.6 Å². The summed E-state index contributed by atoms with van der Waals surface area (Å²) in [5.41, 5.74) is 0.339. The van der Waals surface area contributed by atoms with Gasteiger partial charge in [-0.15, -0.1) is 0 Å². The zero-order chi connectivity index (χ0) is 13.9. The second-order valence-corrected chi connectivity index (χ2v) is 7.90. The van der Waals surface area contributed by atoms with Crippen LogP contribution in [0.3, 0.4) is 0 Å². The molecule has 0 heterocycles. The van der Waals surface area contributed by atoms with Crippen molar-refractivity contribution in [2.45, 2.75) is 60.0 Å². The van der Waals surface area contributed by atoms with Crippen LogP contribution in [0.2, 0.25) is 0 Å². The fourth-order valence-corrected chi connectivity index (χ4v) is 3.36. The Morgan fingerprint density at radius 1 is 1.22 bits per heavy atom. The molecule has 1 saturated carbocycles. The van der Waals surface area contributed by atoms with E-state index in [1.165, 1.54) is 12.8 Å². The molecule has 0 saturated heterocycles. The molecule has 0 aromatic heterocycles. The highest BCUT2D eigenvalue weighted by atomic mass is 16.3. The van der Waals surface area contributed by atoms with Gasteiger partial charge in [0.05, 0.1) is 6.10 Å². The molecule has 0 amide bonds. The Labute approximate surface area is 114 Å². The van der Waals surface area contributed by atoms with Crippen LogP contribution in [0.4, 0.5) is 0 Å². The van der Waals surface area contributed by atoms with Gasteiger partial charge in [-0.05, 0) is 49.5 Å². The van der Waals surface area contributed by atoms with Gasteiger partial charge >= 0.3 is 0 Å². The molecule has 2 nitrogen and oxygen atoms in total. The Hall–Kier alpha value is -0.0800. The molecular weight excluding hydrogens is 222 g/mol. The Morgan fingerprint density at radius 3 is 2.33 bits per heavy atom.